The van der Waals surface area contributed by atoms with Crippen LogP contribution in [0.5, 0.6) is 0 Å². The van der Waals surface area contributed by atoms with Crippen LogP contribution in [0.1, 0.15) is 33.1 Å². The molecule has 1 saturated heterocycles. The largest absolute Gasteiger partial charge is 0.396 e. The van der Waals surface area contributed by atoms with Crippen LogP contribution in [0.25, 0.3) is 0 Å². The van der Waals surface area contributed by atoms with E-state index < -0.39 is 0 Å². The molecule has 1 fully saturated rings. The van der Waals surface area contributed by atoms with Gasteiger partial charge in [-0.2, -0.15) is 0 Å². The Balaban J connectivity index is 2.30. The fraction of sp³-hybridized carbons (Fsp3) is 1.00. The van der Waals surface area contributed by atoms with E-state index in [1.807, 2.05) is 0 Å². The molecule has 90 valence electrons. The number of hydrogen-bond donors (Lipinski definition) is 1. The van der Waals surface area contributed by atoms with Gasteiger partial charge in [-0.15, -0.1) is 0 Å². The molecule has 0 saturated carbocycles. The van der Waals surface area contributed by atoms with Crippen molar-refractivity contribution in [3.05, 3.63) is 0 Å². The number of ether oxygens (including phenoxy) is 1. The van der Waals surface area contributed by atoms with E-state index in [1.165, 1.54) is 12.8 Å². The molecular formula is C12H25NO2. The van der Waals surface area contributed by atoms with Gasteiger partial charge in [-0.25, -0.2) is 0 Å². The highest BCUT2D eigenvalue weighted by Gasteiger charge is 2.25. The summed E-state index contributed by atoms with van der Waals surface area (Å²) >= 11 is 0. The predicted molar refractivity (Wildman–Crippen MR) is 62.0 cm³/mol. The summed E-state index contributed by atoms with van der Waals surface area (Å²) in [6.07, 6.45) is 3.81. The minimum atomic E-state index is 0.0351. The van der Waals surface area contributed by atoms with Gasteiger partial charge in [0.1, 0.15) is 0 Å². The van der Waals surface area contributed by atoms with E-state index in [0.29, 0.717) is 6.10 Å². The lowest BCUT2D eigenvalue weighted by Gasteiger charge is -2.32. The minimum Gasteiger partial charge on any atom is -0.396 e. The topological polar surface area (TPSA) is 32.7 Å². The molecule has 0 radical (unpaired) electrons. The Morgan fingerprint density at radius 2 is 2.27 bits per heavy atom. The summed E-state index contributed by atoms with van der Waals surface area (Å²) < 4.78 is 5.60. The molecule has 0 amide bonds. The molecule has 0 aromatic rings. The quantitative estimate of drug-likeness (QED) is 0.729. The molecule has 3 heteroatoms. The van der Waals surface area contributed by atoms with Gasteiger partial charge in [-0.3, -0.25) is 0 Å². The van der Waals surface area contributed by atoms with Gasteiger partial charge >= 0.3 is 0 Å². The first-order valence-electron chi connectivity index (χ1n) is 6.00. The van der Waals surface area contributed by atoms with Crippen molar-refractivity contribution in [1.82, 2.24) is 4.90 Å². The molecule has 1 N–H and O–H groups in total. The summed E-state index contributed by atoms with van der Waals surface area (Å²) in [5, 5.41) is 9.34. The number of hydrogen-bond acceptors (Lipinski definition) is 3. The van der Waals surface area contributed by atoms with Crippen LogP contribution in [-0.2, 0) is 4.74 Å². The van der Waals surface area contributed by atoms with Crippen molar-refractivity contribution >= 4 is 0 Å². The van der Waals surface area contributed by atoms with Crippen LogP contribution in [0, 0.1) is 5.41 Å². The first-order chi connectivity index (χ1) is 7.09. The van der Waals surface area contributed by atoms with Crippen LogP contribution in [0.15, 0.2) is 0 Å². The Morgan fingerprint density at radius 1 is 1.53 bits per heavy atom. The third-order valence-corrected chi connectivity index (χ3v) is 3.43. The highest BCUT2D eigenvalue weighted by atomic mass is 16.5. The van der Waals surface area contributed by atoms with Gasteiger partial charge in [0.05, 0.1) is 6.10 Å². The lowest BCUT2D eigenvalue weighted by molar-refractivity contribution is 0.0494. The Labute approximate surface area is 93.4 Å². The normalized spacial score (nSPS) is 25.8. The molecular weight excluding hydrogens is 190 g/mol. The third-order valence-electron chi connectivity index (χ3n) is 3.43. The Kier molecular flexibility index (Phi) is 5.03. The summed E-state index contributed by atoms with van der Waals surface area (Å²) in [5.41, 5.74) is 0.0351. The summed E-state index contributed by atoms with van der Waals surface area (Å²) in [4.78, 5) is 2.29. The van der Waals surface area contributed by atoms with Crippen LogP contribution >= 0.6 is 0 Å². The second-order valence-electron chi connectivity index (χ2n) is 5.15. The predicted octanol–water partition coefficient (Wildman–Crippen LogP) is 1.51. The number of aliphatic hydroxyl groups excluding tert-OH is 1. The second kappa shape index (κ2) is 5.83. The SMILES string of the molecule is CCC(C)(CO)CN(C)CC1CCCO1. The van der Waals surface area contributed by atoms with Crippen molar-refractivity contribution in [3.63, 3.8) is 0 Å². The minimum absolute atomic E-state index is 0.0351. The van der Waals surface area contributed by atoms with E-state index >= 15 is 0 Å². The molecule has 1 aliphatic rings. The van der Waals surface area contributed by atoms with Crippen molar-refractivity contribution in [2.75, 3.05) is 33.4 Å². The maximum absolute atomic E-state index is 9.34. The van der Waals surface area contributed by atoms with Crippen LogP contribution in [0.4, 0.5) is 0 Å². The lowest BCUT2D eigenvalue weighted by atomic mass is 9.88. The zero-order valence-corrected chi connectivity index (χ0v) is 10.3. The smallest absolute Gasteiger partial charge is 0.0702 e. The number of nitrogens with zero attached hydrogens (tertiary/aromatic N) is 1. The number of aliphatic hydroxyl groups is 1. The zero-order valence-electron chi connectivity index (χ0n) is 10.3. The molecule has 1 aliphatic heterocycles. The fourth-order valence-electron chi connectivity index (χ4n) is 2.13. The van der Waals surface area contributed by atoms with E-state index in [1.54, 1.807) is 0 Å². The van der Waals surface area contributed by atoms with Gasteiger partial charge in [0.15, 0.2) is 0 Å². The highest BCUT2D eigenvalue weighted by Crippen LogP contribution is 2.22. The van der Waals surface area contributed by atoms with E-state index in [9.17, 15) is 5.11 Å². The summed E-state index contributed by atoms with van der Waals surface area (Å²) in [7, 11) is 2.12. The van der Waals surface area contributed by atoms with Gasteiger partial charge in [-0.1, -0.05) is 13.8 Å². The van der Waals surface area contributed by atoms with Crippen molar-refractivity contribution in [2.45, 2.75) is 39.2 Å². The Morgan fingerprint density at radius 3 is 2.73 bits per heavy atom. The van der Waals surface area contributed by atoms with E-state index in [4.69, 9.17) is 4.74 Å². The summed E-state index contributed by atoms with van der Waals surface area (Å²) in [6.45, 7) is 7.40. The molecule has 3 nitrogen and oxygen atoms in total. The standard InChI is InChI=1S/C12H25NO2/c1-4-12(2,10-14)9-13(3)8-11-6-5-7-15-11/h11,14H,4-10H2,1-3H3. The Bertz CT molecular complexity index is 174. The van der Waals surface area contributed by atoms with Gasteiger partial charge in [0.2, 0.25) is 0 Å². The van der Waals surface area contributed by atoms with Crippen LogP contribution in [0.2, 0.25) is 0 Å². The van der Waals surface area contributed by atoms with Gasteiger partial charge in [-0.05, 0) is 26.3 Å². The van der Waals surface area contributed by atoms with Crippen molar-refractivity contribution in [2.24, 2.45) is 5.41 Å². The van der Waals surface area contributed by atoms with Crippen LogP contribution in [-0.4, -0.2) is 49.5 Å². The molecule has 15 heavy (non-hydrogen) atoms. The van der Waals surface area contributed by atoms with Gasteiger partial charge in [0.25, 0.3) is 0 Å². The third kappa shape index (κ3) is 4.09. The molecule has 1 rings (SSSR count). The maximum atomic E-state index is 9.34. The highest BCUT2D eigenvalue weighted by molar-refractivity contribution is 4.77. The van der Waals surface area contributed by atoms with Crippen molar-refractivity contribution in [1.29, 1.82) is 0 Å². The molecule has 0 spiro atoms. The summed E-state index contributed by atoms with van der Waals surface area (Å²) in [6, 6.07) is 0. The molecule has 0 aromatic carbocycles. The van der Waals surface area contributed by atoms with E-state index in [-0.39, 0.29) is 12.0 Å². The maximum Gasteiger partial charge on any atom is 0.0702 e. The molecule has 2 atom stereocenters. The van der Waals surface area contributed by atoms with Gasteiger partial charge in [0, 0.05) is 31.7 Å². The summed E-state index contributed by atoms with van der Waals surface area (Å²) in [5.74, 6) is 0. The van der Waals surface area contributed by atoms with Crippen LogP contribution < -0.4 is 0 Å². The average molecular weight is 215 g/mol. The molecule has 1 heterocycles. The second-order valence-corrected chi connectivity index (χ2v) is 5.15. The fourth-order valence-corrected chi connectivity index (χ4v) is 2.13. The number of rotatable bonds is 6. The first-order valence-corrected chi connectivity index (χ1v) is 6.00. The monoisotopic (exact) mass is 215 g/mol. The molecule has 2 unspecified atom stereocenters. The van der Waals surface area contributed by atoms with Crippen molar-refractivity contribution < 1.29 is 9.84 Å². The zero-order chi connectivity index (χ0) is 11.3. The Hall–Kier alpha value is -0.120. The number of likely N-dealkylation sites (N-methyl/N-ethyl adjacent to an activating group) is 1. The van der Waals surface area contributed by atoms with Gasteiger partial charge < -0.3 is 14.7 Å². The van der Waals surface area contributed by atoms with E-state index in [0.717, 1.165) is 26.1 Å². The first kappa shape index (κ1) is 12.9. The molecule has 0 aliphatic carbocycles. The lowest BCUT2D eigenvalue weighted by Crippen LogP contribution is -2.39. The van der Waals surface area contributed by atoms with Crippen LogP contribution in [0.3, 0.4) is 0 Å². The van der Waals surface area contributed by atoms with E-state index in [2.05, 4.69) is 25.8 Å². The average Bonchev–Trinajstić information content (AvgIpc) is 2.70. The molecule has 0 aromatic heterocycles. The van der Waals surface area contributed by atoms with Crippen molar-refractivity contribution in [3.8, 4) is 0 Å². The molecule has 0 bridgehead atoms.